The zero-order chi connectivity index (χ0) is 49.3. The second-order valence-corrected chi connectivity index (χ2v) is 25.4. The molecule has 0 bridgehead atoms. The number of rotatable bonds is 4. The normalized spacial score (nSPS) is 14.5. The van der Waals surface area contributed by atoms with Crippen LogP contribution in [0.25, 0.3) is 48.0 Å². The van der Waals surface area contributed by atoms with E-state index in [4.69, 9.17) is 0 Å². The van der Waals surface area contributed by atoms with Crippen LogP contribution >= 0.6 is 11.3 Å². The molecule has 0 fully saturated rings. The monoisotopic (exact) mass is 939 g/mol. The van der Waals surface area contributed by atoms with E-state index in [2.05, 4.69) is 255 Å². The number of aromatic nitrogens is 1. The van der Waals surface area contributed by atoms with Gasteiger partial charge in [-0.1, -0.05) is 167 Å². The highest BCUT2D eigenvalue weighted by Gasteiger charge is 2.48. The number of benzene rings is 8. The summed E-state index contributed by atoms with van der Waals surface area (Å²) in [6, 6.07) is 61.2. The third kappa shape index (κ3) is 6.40. The summed E-state index contributed by atoms with van der Waals surface area (Å²) in [4.78, 5) is 5.13. The number of hydrogen-bond donors (Lipinski definition) is 0. The summed E-state index contributed by atoms with van der Waals surface area (Å²) in [6.45, 7) is 28.1. The summed E-state index contributed by atoms with van der Waals surface area (Å²) in [5, 5.41) is 3.99. The number of nitrogens with zero attached hydrogens (tertiary/aromatic N) is 3. The predicted octanol–water partition coefficient (Wildman–Crippen LogP) is 16.6. The number of hydrogen-bond acceptors (Lipinski definition) is 3. The first kappa shape index (κ1) is 44.1. The lowest BCUT2D eigenvalue weighted by molar-refractivity contribution is 0.590. The Morgan fingerprint density at radius 2 is 1.11 bits per heavy atom. The van der Waals surface area contributed by atoms with Gasteiger partial charge in [0.15, 0.2) is 0 Å². The Balaban J connectivity index is 1.14. The third-order valence-corrected chi connectivity index (χ3v) is 17.4. The molecule has 5 heteroatoms. The average molecular weight is 940 g/mol. The summed E-state index contributed by atoms with van der Waals surface area (Å²) in [5.41, 5.74) is 24.5. The van der Waals surface area contributed by atoms with E-state index in [0.29, 0.717) is 0 Å². The molecular weight excluding hydrogens is 878 g/mol. The first-order chi connectivity index (χ1) is 33.8. The van der Waals surface area contributed by atoms with E-state index in [-0.39, 0.29) is 28.4 Å². The highest BCUT2D eigenvalue weighted by Crippen LogP contribution is 2.56. The molecule has 0 spiro atoms. The average Bonchev–Trinajstić information content (AvgIpc) is 3.97. The summed E-state index contributed by atoms with van der Waals surface area (Å²) in [5.74, 6) is 0. The molecule has 350 valence electrons. The van der Waals surface area contributed by atoms with Gasteiger partial charge in [-0.25, -0.2) is 0 Å². The van der Waals surface area contributed by atoms with Crippen molar-refractivity contribution in [3.63, 3.8) is 0 Å². The van der Waals surface area contributed by atoms with E-state index in [1.807, 2.05) is 11.3 Å². The number of thiophene rings is 1. The van der Waals surface area contributed by atoms with E-state index in [0.717, 1.165) is 17.1 Å². The Bertz CT molecular complexity index is 3810. The van der Waals surface area contributed by atoms with Crippen molar-refractivity contribution in [3.8, 4) is 16.9 Å². The molecule has 71 heavy (non-hydrogen) atoms. The van der Waals surface area contributed by atoms with Gasteiger partial charge in [-0.3, -0.25) is 0 Å². The molecular formula is C66H62BN3S. The molecule has 4 heterocycles. The van der Waals surface area contributed by atoms with Crippen LogP contribution in [0, 0.1) is 6.92 Å². The fraction of sp³-hybridized carbons (Fsp3) is 0.242. The maximum absolute atomic E-state index is 2.70. The van der Waals surface area contributed by atoms with Gasteiger partial charge in [-0.15, -0.1) is 11.3 Å². The standard InChI is InChI=1S/C66H62BN3S/c1-39-34-55-59-56(35-39)70-60-49(58-61(70)48-19-13-15-21-50(48)66(58,11)12)36-42(65(8,9)10)37-52(60)67(59)51-33-32-45(38-54(51)69(55)53-22-17-20-47-46-18-14-16-23-57(46)71-62(47)53)68(43-28-24-40(25-29-43)63(2,3)4)44-30-26-41(27-31-44)64(5,6)7/h13-38H,1-12H3. The highest BCUT2D eigenvalue weighted by molar-refractivity contribution is 7.26. The Morgan fingerprint density at radius 1 is 0.507 bits per heavy atom. The lowest BCUT2D eigenvalue weighted by Crippen LogP contribution is -2.60. The fourth-order valence-electron chi connectivity index (χ4n) is 12.6. The van der Waals surface area contributed by atoms with E-state index in [1.54, 1.807) is 0 Å². The van der Waals surface area contributed by atoms with Crippen molar-refractivity contribution in [1.82, 2.24) is 4.57 Å². The minimum absolute atomic E-state index is 0.00113. The van der Waals surface area contributed by atoms with Gasteiger partial charge in [0.05, 0.1) is 16.1 Å². The lowest BCUT2D eigenvalue weighted by Gasteiger charge is -2.42. The van der Waals surface area contributed by atoms with Gasteiger partial charge >= 0.3 is 0 Å². The highest BCUT2D eigenvalue weighted by atomic mass is 32.1. The number of fused-ring (bicyclic) bond motifs is 12. The van der Waals surface area contributed by atoms with Crippen molar-refractivity contribution in [2.45, 2.75) is 105 Å². The summed E-state index contributed by atoms with van der Waals surface area (Å²) >= 11 is 1.91. The molecule has 10 aromatic rings. The third-order valence-electron chi connectivity index (χ3n) is 16.2. The van der Waals surface area contributed by atoms with Gasteiger partial charge in [0, 0.05) is 71.5 Å². The molecule has 1 aliphatic carbocycles. The molecule has 0 unspecified atom stereocenters. The van der Waals surface area contributed by atoms with Crippen molar-refractivity contribution in [3.05, 3.63) is 191 Å². The second-order valence-electron chi connectivity index (χ2n) is 24.4. The van der Waals surface area contributed by atoms with E-state index >= 15 is 0 Å². The zero-order valence-corrected chi connectivity index (χ0v) is 44.2. The van der Waals surface area contributed by atoms with Crippen LogP contribution < -0.4 is 26.2 Å². The molecule has 3 nitrogen and oxygen atoms in total. The molecule has 2 aliphatic heterocycles. The minimum Gasteiger partial charge on any atom is -0.310 e. The molecule has 0 saturated heterocycles. The van der Waals surface area contributed by atoms with Crippen LogP contribution in [0.15, 0.2) is 158 Å². The molecule has 0 N–H and O–H groups in total. The topological polar surface area (TPSA) is 11.4 Å². The lowest BCUT2D eigenvalue weighted by atomic mass is 9.33. The molecule has 8 aromatic carbocycles. The van der Waals surface area contributed by atoms with Gasteiger partial charge < -0.3 is 14.4 Å². The Labute approximate surface area is 424 Å². The molecule has 3 aliphatic rings. The molecule has 0 radical (unpaired) electrons. The largest absolute Gasteiger partial charge is 0.310 e. The first-order valence-corrected chi connectivity index (χ1v) is 26.4. The predicted molar refractivity (Wildman–Crippen MR) is 309 cm³/mol. The summed E-state index contributed by atoms with van der Waals surface area (Å²) < 4.78 is 5.31. The number of aryl methyl sites for hydroxylation is 1. The van der Waals surface area contributed by atoms with Crippen molar-refractivity contribution < 1.29 is 0 Å². The van der Waals surface area contributed by atoms with Gasteiger partial charge in [-0.05, 0) is 140 Å². The molecule has 13 rings (SSSR count). The minimum atomic E-state index is -0.175. The van der Waals surface area contributed by atoms with Gasteiger partial charge in [-0.2, -0.15) is 0 Å². The Morgan fingerprint density at radius 3 is 1.79 bits per heavy atom. The summed E-state index contributed by atoms with van der Waals surface area (Å²) in [7, 11) is 0. The van der Waals surface area contributed by atoms with Crippen LogP contribution in [0.1, 0.15) is 110 Å². The fourth-order valence-corrected chi connectivity index (χ4v) is 13.8. The van der Waals surface area contributed by atoms with E-state index in [1.165, 1.54) is 115 Å². The van der Waals surface area contributed by atoms with Crippen LogP contribution in [0.4, 0.5) is 34.1 Å². The van der Waals surface area contributed by atoms with Gasteiger partial charge in [0.25, 0.3) is 6.71 Å². The molecule has 0 amide bonds. The van der Waals surface area contributed by atoms with Crippen LogP contribution in [0.3, 0.4) is 0 Å². The van der Waals surface area contributed by atoms with Crippen LogP contribution in [-0.2, 0) is 21.7 Å². The maximum Gasteiger partial charge on any atom is 0.252 e. The summed E-state index contributed by atoms with van der Waals surface area (Å²) in [6.07, 6.45) is 0. The zero-order valence-electron chi connectivity index (χ0n) is 43.3. The Kier molecular flexibility index (Phi) is 9.25. The molecule has 2 aromatic heterocycles. The smallest absolute Gasteiger partial charge is 0.252 e. The maximum atomic E-state index is 2.70. The number of anilines is 6. The van der Waals surface area contributed by atoms with Crippen molar-refractivity contribution in [2.24, 2.45) is 0 Å². The van der Waals surface area contributed by atoms with Crippen LogP contribution in [0.2, 0.25) is 0 Å². The second kappa shape index (κ2) is 14.9. The van der Waals surface area contributed by atoms with Crippen molar-refractivity contribution in [1.29, 1.82) is 0 Å². The van der Waals surface area contributed by atoms with Crippen LogP contribution in [-0.4, -0.2) is 11.3 Å². The van der Waals surface area contributed by atoms with Gasteiger partial charge in [0.2, 0.25) is 0 Å². The van der Waals surface area contributed by atoms with E-state index in [9.17, 15) is 0 Å². The van der Waals surface area contributed by atoms with E-state index < -0.39 is 0 Å². The molecule has 0 atom stereocenters. The molecule has 0 saturated carbocycles. The Hall–Kier alpha value is -6.82. The van der Waals surface area contributed by atoms with Gasteiger partial charge in [0.1, 0.15) is 0 Å². The first-order valence-electron chi connectivity index (χ1n) is 25.6. The van der Waals surface area contributed by atoms with Crippen molar-refractivity contribution >= 4 is 99.6 Å². The van der Waals surface area contributed by atoms with Crippen molar-refractivity contribution in [2.75, 3.05) is 9.80 Å². The van der Waals surface area contributed by atoms with Crippen LogP contribution in [0.5, 0.6) is 0 Å². The SMILES string of the molecule is Cc1cc2c3c(c1)-n1c4c(c5cc(C(C)(C)C)cc(c51)B3c1ccc(N(c3ccc(C(C)(C)C)cc3)c3ccc(C(C)(C)C)cc3)cc1N2c1cccc2c1sc1ccccc12)C(C)(C)c1ccccc1-4. The quantitative estimate of drug-likeness (QED) is 0.163.